The van der Waals surface area contributed by atoms with Gasteiger partial charge in [0.15, 0.2) is 0 Å². The van der Waals surface area contributed by atoms with Gasteiger partial charge < -0.3 is 0 Å². The molecule has 0 atom stereocenters. The van der Waals surface area contributed by atoms with Crippen LogP contribution < -0.4 is 0 Å². The van der Waals surface area contributed by atoms with Gasteiger partial charge >= 0.3 is 0 Å². The fourth-order valence-corrected chi connectivity index (χ4v) is 4.01. The van der Waals surface area contributed by atoms with Crippen LogP contribution >= 0.6 is 0 Å². The minimum Gasteiger partial charge on any atom is -0.0625 e. The monoisotopic (exact) mass is 222 g/mol. The van der Waals surface area contributed by atoms with Crippen molar-refractivity contribution in [3.63, 3.8) is 0 Å². The molecule has 0 aliphatic heterocycles. The van der Waals surface area contributed by atoms with Crippen LogP contribution in [0.15, 0.2) is 0 Å². The highest BCUT2D eigenvalue weighted by Gasteiger charge is 2.46. The predicted molar refractivity (Wildman–Crippen MR) is 71.5 cm³/mol. The zero-order chi connectivity index (χ0) is 11.8. The Balaban J connectivity index is 2.04. The highest BCUT2D eigenvalue weighted by atomic mass is 14.5. The Kier molecular flexibility index (Phi) is 3.39. The first-order valence-electron chi connectivity index (χ1n) is 7.45. The average Bonchev–Trinajstić information content (AvgIpc) is 2.27. The third-order valence-electron chi connectivity index (χ3n) is 6.21. The lowest BCUT2D eigenvalue weighted by Gasteiger charge is -2.53. The molecule has 2 fully saturated rings. The fraction of sp³-hybridized carbons (Fsp3) is 1.00. The van der Waals surface area contributed by atoms with Crippen molar-refractivity contribution in [1.29, 1.82) is 0 Å². The van der Waals surface area contributed by atoms with E-state index in [4.69, 9.17) is 0 Å². The van der Waals surface area contributed by atoms with Gasteiger partial charge in [-0.3, -0.25) is 0 Å². The number of hydrogen-bond donors (Lipinski definition) is 0. The van der Waals surface area contributed by atoms with Crippen molar-refractivity contribution < 1.29 is 0 Å². The first kappa shape index (κ1) is 12.5. The van der Waals surface area contributed by atoms with E-state index in [0.29, 0.717) is 10.8 Å². The third-order valence-corrected chi connectivity index (χ3v) is 6.21. The van der Waals surface area contributed by atoms with Crippen molar-refractivity contribution in [2.24, 2.45) is 22.7 Å². The first-order chi connectivity index (χ1) is 7.45. The second kappa shape index (κ2) is 4.35. The van der Waals surface area contributed by atoms with E-state index in [1.54, 1.807) is 0 Å². The van der Waals surface area contributed by atoms with Crippen molar-refractivity contribution in [2.75, 3.05) is 0 Å². The maximum absolute atomic E-state index is 2.59. The number of rotatable bonds is 1. The molecule has 2 aliphatic carbocycles. The van der Waals surface area contributed by atoms with Crippen LogP contribution in [0, 0.1) is 22.7 Å². The first-order valence-corrected chi connectivity index (χ1v) is 7.45. The minimum absolute atomic E-state index is 0.652. The molecular formula is C16H30. The van der Waals surface area contributed by atoms with Crippen molar-refractivity contribution in [1.82, 2.24) is 0 Å². The van der Waals surface area contributed by atoms with Crippen LogP contribution in [-0.4, -0.2) is 0 Å². The summed E-state index contributed by atoms with van der Waals surface area (Å²) in [5, 5.41) is 0. The van der Waals surface area contributed by atoms with Crippen molar-refractivity contribution in [3.05, 3.63) is 0 Å². The van der Waals surface area contributed by atoms with Gasteiger partial charge in [-0.05, 0) is 48.3 Å². The molecule has 2 rings (SSSR count). The van der Waals surface area contributed by atoms with Crippen molar-refractivity contribution in [2.45, 2.75) is 79.1 Å². The topological polar surface area (TPSA) is 0 Å². The molecule has 0 aromatic carbocycles. The molecule has 0 unspecified atom stereocenters. The van der Waals surface area contributed by atoms with Gasteiger partial charge in [-0.25, -0.2) is 0 Å². The Bertz CT molecular complexity index is 198. The van der Waals surface area contributed by atoms with Crippen molar-refractivity contribution in [3.8, 4) is 0 Å². The van der Waals surface area contributed by atoms with Crippen LogP contribution in [0.1, 0.15) is 79.1 Å². The average molecular weight is 222 g/mol. The van der Waals surface area contributed by atoms with Gasteiger partial charge in [0, 0.05) is 0 Å². The van der Waals surface area contributed by atoms with E-state index in [9.17, 15) is 0 Å². The van der Waals surface area contributed by atoms with E-state index >= 15 is 0 Å². The smallest absolute Gasteiger partial charge is 0.0272 e. The molecule has 0 aromatic heterocycles. The summed E-state index contributed by atoms with van der Waals surface area (Å²) in [5.74, 6) is 1.97. The lowest BCUT2D eigenvalue weighted by molar-refractivity contribution is -0.0225. The number of hydrogen-bond acceptors (Lipinski definition) is 0. The summed E-state index contributed by atoms with van der Waals surface area (Å²) in [5.41, 5.74) is 1.30. The van der Waals surface area contributed by atoms with Gasteiger partial charge in [0.2, 0.25) is 0 Å². The quantitative estimate of drug-likeness (QED) is 0.556. The van der Waals surface area contributed by atoms with E-state index in [0.717, 1.165) is 11.8 Å². The van der Waals surface area contributed by atoms with Crippen LogP contribution in [-0.2, 0) is 0 Å². The van der Waals surface area contributed by atoms with E-state index in [1.807, 2.05) is 0 Å². The SMILES string of the molecule is CC1CCC(C)(C2(C)CCC(C)CC2)CC1. The molecule has 2 aliphatic rings. The van der Waals surface area contributed by atoms with Gasteiger partial charge in [0.1, 0.15) is 0 Å². The van der Waals surface area contributed by atoms with Crippen molar-refractivity contribution >= 4 is 0 Å². The highest BCUT2D eigenvalue weighted by Crippen LogP contribution is 2.57. The largest absolute Gasteiger partial charge is 0.0625 e. The Morgan fingerprint density at radius 3 is 1.12 bits per heavy atom. The van der Waals surface area contributed by atoms with Crippen LogP contribution in [0.3, 0.4) is 0 Å². The lowest BCUT2D eigenvalue weighted by Crippen LogP contribution is -2.42. The molecular weight excluding hydrogens is 192 g/mol. The second-order valence-corrected chi connectivity index (χ2v) is 7.49. The maximum Gasteiger partial charge on any atom is -0.0272 e. The van der Waals surface area contributed by atoms with E-state index in [2.05, 4.69) is 27.7 Å². The van der Waals surface area contributed by atoms with Crippen LogP contribution in [0.4, 0.5) is 0 Å². The summed E-state index contributed by atoms with van der Waals surface area (Å²) in [6.45, 7) is 10.1. The molecule has 0 heteroatoms. The zero-order valence-corrected chi connectivity index (χ0v) is 11.8. The predicted octanol–water partition coefficient (Wildman–Crippen LogP) is 5.42. The van der Waals surface area contributed by atoms with Gasteiger partial charge in [0.25, 0.3) is 0 Å². The Morgan fingerprint density at radius 2 is 0.875 bits per heavy atom. The summed E-state index contributed by atoms with van der Waals surface area (Å²) >= 11 is 0. The maximum atomic E-state index is 2.59. The normalized spacial score (nSPS) is 50.2. The van der Waals surface area contributed by atoms with Gasteiger partial charge in [-0.2, -0.15) is 0 Å². The molecule has 0 nitrogen and oxygen atoms in total. The molecule has 0 bridgehead atoms. The third kappa shape index (κ3) is 2.17. The summed E-state index contributed by atoms with van der Waals surface area (Å²) in [4.78, 5) is 0. The molecule has 0 aromatic rings. The lowest BCUT2D eigenvalue weighted by atomic mass is 9.52. The minimum atomic E-state index is 0.652. The fourth-order valence-electron chi connectivity index (χ4n) is 4.01. The molecule has 94 valence electrons. The van der Waals surface area contributed by atoms with Crippen LogP contribution in [0.25, 0.3) is 0 Å². The second-order valence-electron chi connectivity index (χ2n) is 7.49. The van der Waals surface area contributed by atoms with Gasteiger partial charge in [-0.15, -0.1) is 0 Å². The summed E-state index contributed by atoms with van der Waals surface area (Å²) < 4.78 is 0. The van der Waals surface area contributed by atoms with E-state index < -0.39 is 0 Å². The standard InChI is InChI=1S/C16H30/c1-13-5-9-15(3,10-6-13)16(4)11-7-14(2)8-12-16/h13-14H,5-12H2,1-4H3. The zero-order valence-electron chi connectivity index (χ0n) is 11.8. The van der Waals surface area contributed by atoms with E-state index in [1.165, 1.54) is 51.4 Å². The molecule has 0 heterocycles. The van der Waals surface area contributed by atoms with Gasteiger partial charge in [0.05, 0.1) is 0 Å². The Hall–Kier alpha value is 0. The molecule has 2 saturated carbocycles. The van der Waals surface area contributed by atoms with Crippen LogP contribution in [0.2, 0.25) is 0 Å². The summed E-state index contributed by atoms with van der Waals surface area (Å²) in [6.07, 6.45) is 11.8. The molecule has 16 heavy (non-hydrogen) atoms. The summed E-state index contributed by atoms with van der Waals surface area (Å²) in [7, 11) is 0. The van der Waals surface area contributed by atoms with E-state index in [-0.39, 0.29) is 0 Å². The van der Waals surface area contributed by atoms with Crippen LogP contribution in [0.5, 0.6) is 0 Å². The molecule has 0 saturated heterocycles. The molecule has 0 N–H and O–H groups in total. The molecule has 0 spiro atoms. The molecule has 0 radical (unpaired) electrons. The Labute approximate surface area is 102 Å². The molecule has 0 amide bonds. The Morgan fingerprint density at radius 1 is 0.625 bits per heavy atom. The highest BCUT2D eigenvalue weighted by molar-refractivity contribution is 4.97. The summed E-state index contributed by atoms with van der Waals surface area (Å²) in [6, 6.07) is 0. The van der Waals surface area contributed by atoms with Gasteiger partial charge in [-0.1, -0.05) is 53.4 Å².